The summed E-state index contributed by atoms with van der Waals surface area (Å²) in [5.41, 5.74) is 3.60. The van der Waals surface area contributed by atoms with E-state index >= 15 is 0 Å². The van der Waals surface area contributed by atoms with Gasteiger partial charge in [0.15, 0.2) is 5.03 Å². The van der Waals surface area contributed by atoms with Crippen LogP contribution in [0, 0.1) is 0 Å². The van der Waals surface area contributed by atoms with E-state index in [-0.39, 0.29) is 0 Å². The van der Waals surface area contributed by atoms with Gasteiger partial charge in [-0.3, -0.25) is 4.90 Å². The van der Waals surface area contributed by atoms with Gasteiger partial charge in [-0.15, -0.1) is 0 Å². The zero-order chi connectivity index (χ0) is 18.6. The fourth-order valence-electron chi connectivity index (χ4n) is 3.14. The molecule has 0 bridgehead atoms. The Kier molecular flexibility index (Phi) is 5.28. The maximum Gasteiger partial charge on any atom is 0.342 e. The summed E-state index contributed by atoms with van der Waals surface area (Å²) in [4.78, 5) is 3.47. The number of aromatic nitrogens is 1. The van der Waals surface area contributed by atoms with Crippen molar-refractivity contribution in [2.75, 3.05) is 11.9 Å². The fourth-order valence-corrected chi connectivity index (χ4v) is 4.81. The summed E-state index contributed by atoms with van der Waals surface area (Å²) in [6.07, 6.45) is 0. The molecule has 0 aliphatic carbocycles. The molecule has 0 saturated heterocycles. The SMILES string of the molecule is CN(Cc1ccccc1)c1sc(-c2ccccc2)c(S)[n+]1-c1ccccc1. The second-order valence-electron chi connectivity index (χ2n) is 6.42. The van der Waals surface area contributed by atoms with Gasteiger partial charge in [0.05, 0.1) is 11.9 Å². The van der Waals surface area contributed by atoms with E-state index in [0.717, 1.165) is 22.4 Å². The van der Waals surface area contributed by atoms with Crippen LogP contribution in [0.3, 0.4) is 0 Å². The third-order valence-corrected chi connectivity index (χ3v) is 6.32. The fraction of sp³-hybridized carbons (Fsp3) is 0.0870. The molecule has 4 heteroatoms. The van der Waals surface area contributed by atoms with E-state index < -0.39 is 0 Å². The number of rotatable bonds is 5. The van der Waals surface area contributed by atoms with Gasteiger partial charge in [0, 0.05) is 0 Å². The van der Waals surface area contributed by atoms with Gasteiger partial charge in [-0.1, -0.05) is 91.5 Å². The molecule has 0 N–H and O–H groups in total. The van der Waals surface area contributed by atoms with Crippen LogP contribution in [-0.4, -0.2) is 7.05 Å². The van der Waals surface area contributed by atoms with E-state index in [9.17, 15) is 0 Å². The average Bonchev–Trinajstić information content (AvgIpc) is 3.07. The Morgan fingerprint density at radius 2 is 1.37 bits per heavy atom. The highest BCUT2D eigenvalue weighted by Gasteiger charge is 2.27. The van der Waals surface area contributed by atoms with Crippen LogP contribution in [0.2, 0.25) is 0 Å². The van der Waals surface area contributed by atoms with Crippen LogP contribution in [0.25, 0.3) is 16.1 Å². The van der Waals surface area contributed by atoms with E-state index in [1.165, 1.54) is 16.0 Å². The molecule has 134 valence electrons. The summed E-state index contributed by atoms with van der Waals surface area (Å²) < 4.78 is 2.24. The molecule has 0 saturated carbocycles. The largest absolute Gasteiger partial charge is 0.342 e. The van der Waals surface area contributed by atoms with Crippen LogP contribution in [0.15, 0.2) is 96.0 Å². The number of anilines is 1. The second kappa shape index (κ2) is 7.99. The lowest BCUT2D eigenvalue weighted by Crippen LogP contribution is -2.37. The van der Waals surface area contributed by atoms with Crippen molar-refractivity contribution in [3.8, 4) is 16.1 Å². The third kappa shape index (κ3) is 3.77. The summed E-state index contributed by atoms with van der Waals surface area (Å²) in [5, 5.41) is 2.13. The number of hydrogen-bond acceptors (Lipinski definition) is 3. The van der Waals surface area contributed by atoms with Crippen molar-refractivity contribution in [1.82, 2.24) is 0 Å². The Bertz CT molecular complexity index is 1010. The third-order valence-electron chi connectivity index (χ3n) is 4.44. The van der Waals surface area contributed by atoms with Gasteiger partial charge in [-0.2, -0.15) is 4.57 Å². The second-order valence-corrected chi connectivity index (χ2v) is 7.82. The lowest BCUT2D eigenvalue weighted by atomic mass is 10.2. The van der Waals surface area contributed by atoms with Crippen LogP contribution in [0.1, 0.15) is 5.56 Å². The normalized spacial score (nSPS) is 10.7. The molecule has 2 nitrogen and oxygen atoms in total. The smallest absolute Gasteiger partial charge is 0.250 e. The van der Waals surface area contributed by atoms with E-state index in [1.54, 1.807) is 11.3 Å². The van der Waals surface area contributed by atoms with Gasteiger partial charge in [-0.25, -0.2) is 0 Å². The maximum atomic E-state index is 4.92. The molecule has 4 rings (SSSR count). The Labute approximate surface area is 169 Å². The Hall–Kier alpha value is -2.56. The molecule has 0 aliphatic heterocycles. The number of thiol groups is 1. The first-order valence-corrected chi connectivity index (χ1v) is 10.1. The highest BCUT2D eigenvalue weighted by atomic mass is 32.1. The van der Waals surface area contributed by atoms with Crippen LogP contribution >= 0.6 is 24.0 Å². The molecule has 0 aliphatic rings. The molecule has 1 heterocycles. The van der Waals surface area contributed by atoms with E-state index in [0.29, 0.717) is 0 Å². The molecule has 0 fully saturated rings. The molecule has 0 spiro atoms. The monoisotopic (exact) mass is 389 g/mol. The topological polar surface area (TPSA) is 7.12 Å². The van der Waals surface area contributed by atoms with Crippen molar-refractivity contribution >= 4 is 29.1 Å². The first-order chi connectivity index (χ1) is 13.2. The van der Waals surface area contributed by atoms with Crippen molar-refractivity contribution in [3.05, 3.63) is 96.6 Å². The molecular weight excluding hydrogens is 368 g/mol. The van der Waals surface area contributed by atoms with Crippen molar-refractivity contribution in [2.24, 2.45) is 0 Å². The first-order valence-electron chi connectivity index (χ1n) is 8.88. The highest BCUT2D eigenvalue weighted by molar-refractivity contribution is 7.80. The van der Waals surface area contributed by atoms with Crippen LogP contribution in [-0.2, 0) is 6.54 Å². The van der Waals surface area contributed by atoms with Gasteiger partial charge in [-0.05, 0) is 34.6 Å². The van der Waals surface area contributed by atoms with E-state index in [2.05, 4.69) is 95.4 Å². The lowest BCUT2D eigenvalue weighted by molar-refractivity contribution is -0.617. The van der Waals surface area contributed by atoms with Crippen LogP contribution in [0.4, 0.5) is 5.13 Å². The van der Waals surface area contributed by atoms with E-state index in [4.69, 9.17) is 12.6 Å². The minimum Gasteiger partial charge on any atom is -0.250 e. The minimum atomic E-state index is 0.843. The van der Waals surface area contributed by atoms with Crippen LogP contribution < -0.4 is 9.47 Å². The zero-order valence-corrected chi connectivity index (χ0v) is 16.8. The molecule has 4 aromatic rings. The quantitative estimate of drug-likeness (QED) is 0.344. The number of benzene rings is 3. The van der Waals surface area contributed by atoms with Crippen LogP contribution in [0.5, 0.6) is 0 Å². The Balaban J connectivity index is 1.82. The van der Waals surface area contributed by atoms with Gasteiger partial charge in [0.25, 0.3) is 0 Å². The molecule has 0 unspecified atom stereocenters. The predicted octanol–water partition coefficient (Wildman–Crippen LogP) is 5.62. The molecule has 0 atom stereocenters. The molecule has 0 radical (unpaired) electrons. The number of nitrogens with zero attached hydrogens (tertiary/aromatic N) is 2. The first kappa shape index (κ1) is 17.8. The van der Waals surface area contributed by atoms with Crippen molar-refractivity contribution < 1.29 is 4.57 Å². The predicted molar refractivity (Wildman–Crippen MR) is 117 cm³/mol. The van der Waals surface area contributed by atoms with Gasteiger partial charge < -0.3 is 0 Å². The summed E-state index contributed by atoms with van der Waals surface area (Å²) in [6, 6.07) is 31.4. The summed E-state index contributed by atoms with van der Waals surface area (Å²) >= 11 is 6.70. The molecule has 27 heavy (non-hydrogen) atoms. The Morgan fingerprint density at radius 3 is 2.00 bits per heavy atom. The average molecular weight is 390 g/mol. The molecule has 3 aromatic carbocycles. The maximum absolute atomic E-state index is 4.92. The zero-order valence-electron chi connectivity index (χ0n) is 15.1. The van der Waals surface area contributed by atoms with Crippen molar-refractivity contribution in [2.45, 2.75) is 11.6 Å². The number of para-hydroxylation sites is 1. The van der Waals surface area contributed by atoms with E-state index in [1.807, 2.05) is 12.1 Å². The number of hydrogen-bond donors (Lipinski definition) is 1. The summed E-state index contributed by atoms with van der Waals surface area (Å²) in [7, 11) is 2.14. The lowest BCUT2D eigenvalue weighted by Gasteiger charge is -2.12. The molecule has 0 amide bonds. The molecule has 1 aromatic heterocycles. The standard InChI is InChI=1S/C23H20N2S2/c1-24(17-18-11-5-2-6-12-18)23-25(20-15-9-4-10-16-20)22(26)21(27-23)19-13-7-3-8-14-19/h2-16H,17H2,1H3/p+1. The van der Waals surface area contributed by atoms with Gasteiger partial charge >= 0.3 is 5.13 Å². The summed E-state index contributed by atoms with van der Waals surface area (Å²) in [6.45, 7) is 0.843. The highest BCUT2D eigenvalue weighted by Crippen LogP contribution is 2.36. The van der Waals surface area contributed by atoms with Gasteiger partial charge in [0.1, 0.15) is 12.2 Å². The van der Waals surface area contributed by atoms with Crippen molar-refractivity contribution in [3.63, 3.8) is 0 Å². The minimum absolute atomic E-state index is 0.843. The van der Waals surface area contributed by atoms with Gasteiger partial charge in [0.2, 0.25) is 0 Å². The van der Waals surface area contributed by atoms with Crippen molar-refractivity contribution in [1.29, 1.82) is 0 Å². The molecular formula is C23H21N2S2+. The summed E-state index contributed by atoms with van der Waals surface area (Å²) in [5.74, 6) is 0. The Morgan fingerprint density at radius 1 is 0.815 bits per heavy atom. The number of thiazole rings is 1.